The predicted octanol–water partition coefficient (Wildman–Crippen LogP) is 3.96. The molecule has 1 atom stereocenters. The highest BCUT2D eigenvalue weighted by Crippen LogP contribution is 2.35. The Balaban J connectivity index is 1.81. The summed E-state index contributed by atoms with van der Waals surface area (Å²) in [5.74, 6) is -0.312. The number of furan rings is 1. The molecule has 11 heteroatoms. The molecule has 1 aliphatic carbocycles. The number of benzene rings is 1. The number of primary amides is 1. The molecular weight excluding hydrogens is 494 g/mol. The Morgan fingerprint density at radius 3 is 2.43 bits per heavy atom. The number of carbonyl (C=O) groups excluding carboxylic acids is 3. The lowest BCUT2D eigenvalue weighted by molar-refractivity contribution is -0.123. The number of anilines is 2. The molecule has 1 aromatic carbocycles. The minimum atomic E-state index is -1.14. The van der Waals surface area contributed by atoms with Crippen LogP contribution < -0.4 is 26.4 Å². The van der Waals surface area contributed by atoms with Crippen molar-refractivity contribution in [1.29, 1.82) is 0 Å². The first kappa shape index (κ1) is 26.2. The fourth-order valence-corrected chi connectivity index (χ4v) is 5.24. The quantitative estimate of drug-likeness (QED) is 0.382. The fourth-order valence-electron chi connectivity index (χ4n) is 4.49. The zero-order valence-electron chi connectivity index (χ0n) is 20.9. The Labute approximate surface area is 219 Å². The molecular formula is C26H31N5O5S. The number of carbonyl (C=O) groups is 3. The van der Waals surface area contributed by atoms with Crippen LogP contribution in [0.2, 0.25) is 0 Å². The average molecular weight is 526 g/mol. The van der Waals surface area contributed by atoms with Crippen molar-refractivity contribution >= 4 is 40.6 Å². The SMILES string of the molecule is CCOc1ccc(N(C(=O)c2snc(C(N)=O)c2N)[C@H](C(=O)NC2CCCCC2)c2ccc(C)o2)cc1. The minimum Gasteiger partial charge on any atom is -0.494 e. The summed E-state index contributed by atoms with van der Waals surface area (Å²) in [6.45, 7) is 4.12. The number of hydrogen-bond acceptors (Lipinski definition) is 8. The number of nitrogens with zero attached hydrogens (tertiary/aromatic N) is 2. The van der Waals surface area contributed by atoms with Gasteiger partial charge in [0, 0.05) is 11.7 Å². The van der Waals surface area contributed by atoms with E-state index in [-0.39, 0.29) is 28.2 Å². The van der Waals surface area contributed by atoms with Crippen molar-refractivity contribution in [2.45, 2.75) is 58.0 Å². The second-order valence-corrected chi connectivity index (χ2v) is 9.71. The Bertz CT molecular complexity index is 1260. The van der Waals surface area contributed by atoms with Crippen molar-refractivity contribution in [1.82, 2.24) is 9.69 Å². The average Bonchev–Trinajstić information content (AvgIpc) is 3.48. The van der Waals surface area contributed by atoms with E-state index in [0.29, 0.717) is 29.6 Å². The van der Waals surface area contributed by atoms with E-state index in [1.165, 1.54) is 4.90 Å². The summed E-state index contributed by atoms with van der Waals surface area (Å²) in [6.07, 6.45) is 4.94. The largest absolute Gasteiger partial charge is 0.494 e. The van der Waals surface area contributed by atoms with Crippen LogP contribution in [0.4, 0.5) is 11.4 Å². The fraction of sp³-hybridized carbons (Fsp3) is 0.385. The lowest BCUT2D eigenvalue weighted by atomic mass is 9.95. The maximum absolute atomic E-state index is 14.0. The number of nitrogens with one attached hydrogen (secondary N) is 1. The number of ether oxygens (including phenoxy) is 1. The van der Waals surface area contributed by atoms with Crippen molar-refractivity contribution in [2.24, 2.45) is 5.73 Å². The van der Waals surface area contributed by atoms with Gasteiger partial charge < -0.3 is 25.9 Å². The Hall–Kier alpha value is -3.86. The first-order valence-corrected chi connectivity index (χ1v) is 13.1. The summed E-state index contributed by atoms with van der Waals surface area (Å²) in [6, 6.07) is 9.09. The molecule has 4 rings (SSSR count). The smallest absolute Gasteiger partial charge is 0.273 e. The van der Waals surface area contributed by atoms with Gasteiger partial charge in [-0.15, -0.1) is 0 Å². The molecule has 1 fully saturated rings. The van der Waals surface area contributed by atoms with Gasteiger partial charge >= 0.3 is 0 Å². The van der Waals surface area contributed by atoms with Gasteiger partial charge in [0.25, 0.3) is 17.7 Å². The Morgan fingerprint density at radius 2 is 1.86 bits per heavy atom. The molecule has 37 heavy (non-hydrogen) atoms. The molecule has 0 radical (unpaired) electrons. The number of nitrogens with two attached hydrogens (primary N) is 2. The second kappa shape index (κ2) is 11.5. The Morgan fingerprint density at radius 1 is 1.16 bits per heavy atom. The van der Waals surface area contributed by atoms with Crippen LogP contribution in [-0.4, -0.2) is 34.7 Å². The number of rotatable bonds is 9. The van der Waals surface area contributed by atoms with E-state index in [2.05, 4.69) is 9.69 Å². The Kier molecular flexibility index (Phi) is 8.12. The molecule has 1 aliphatic rings. The van der Waals surface area contributed by atoms with E-state index >= 15 is 0 Å². The van der Waals surface area contributed by atoms with Crippen LogP contribution in [0, 0.1) is 6.92 Å². The summed E-state index contributed by atoms with van der Waals surface area (Å²) in [4.78, 5) is 40.9. The van der Waals surface area contributed by atoms with E-state index < -0.39 is 17.9 Å². The van der Waals surface area contributed by atoms with Crippen molar-refractivity contribution < 1.29 is 23.5 Å². The summed E-state index contributed by atoms with van der Waals surface area (Å²) in [5.41, 5.74) is 11.6. The van der Waals surface area contributed by atoms with E-state index in [0.717, 1.165) is 43.6 Å². The van der Waals surface area contributed by atoms with Gasteiger partial charge in [0.15, 0.2) is 11.7 Å². The van der Waals surface area contributed by atoms with E-state index in [1.54, 1.807) is 43.3 Å². The number of hydrogen-bond donors (Lipinski definition) is 3. The van der Waals surface area contributed by atoms with Crippen molar-refractivity contribution in [3.05, 3.63) is 58.5 Å². The van der Waals surface area contributed by atoms with Gasteiger partial charge in [-0.1, -0.05) is 19.3 Å². The number of aryl methyl sites for hydroxylation is 1. The maximum Gasteiger partial charge on any atom is 0.273 e. The summed E-state index contributed by atoms with van der Waals surface area (Å²) in [7, 11) is 0. The maximum atomic E-state index is 14.0. The number of amides is 3. The highest BCUT2D eigenvalue weighted by Gasteiger charge is 2.38. The molecule has 0 spiro atoms. The van der Waals surface area contributed by atoms with E-state index in [1.807, 2.05) is 6.92 Å². The topological polar surface area (TPSA) is 154 Å². The lowest BCUT2D eigenvalue weighted by Gasteiger charge is -2.32. The van der Waals surface area contributed by atoms with Gasteiger partial charge in [0.1, 0.15) is 22.1 Å². The normalized spacial score (nSPS) is 14.6. The van der Waals surface area contributed by atoms with E-state index in [9.17, 15) is 14.4 Å². The van der Waals surface area contributed by atoms with Gasteiger partial charge in [-0.2, -0.15) is 4.37 Å². The molecule has 5 N–H and O–H groups in total. The molecule has 0 unspecified atom stereocenters. The van der Waals surface area contributed by atoms with Gasteiger partial charge in [-0.3, -0.25) is 19.3 Å². The van der Waals surface area contributed by atoms with E-state index in [4.69, 9.17) is 20.6 Å². The molecule has 10 nitrogen and oxygen atoms in total. The molecule has 1 saturated carbocycles. The van der Waals surface area contributed by atoms with Gasteiger partial charge in [-0.05, 0) is 74.6 Å². The van der Waals surface area contributed by atoms with Crippen LogP contribution in [0.25, 0.3) is 0 Å². The zero-order valence-corrected chi connectivity index (χ0v) is 21.7. The minimum absolute atomic E-state index is 0.00132. The standard InChI is InChI=1S/C26H31N5O5S/c1-3-35-18-12-10-17(11-13-18)31(26(34)23-20(27)21(24(28)32)30-37-23)22(19-14-9-15(2)36-19)25(33)29-16-7-5-4-6-8-16/h9-14,16,22H,3-8,27H2,1-2H3,(H2,28,32)(H,29,33)/t22-/m0/s1. The first-order valence-electron chi connectivity index (χ1n) is 12.3. The number of nitrogen functional groups attached to an aromatic ring is 1. The van der Waals surface area contributed by atoms with Crippen LogP contribution in [0.5, 0.6) is 5.75 Å². The van der Waals surface area contributed by atoms with Crippen molar-refractivity contribution in [3.8, 4) is 5.75 Å². The molecule has 2 aromatic heterocycles. The van der Waals surface area contributed by atoms with Crippen molar-refractivity contribution in [2.75, 3.05) is 17.2 Å². The van der Waals surface area contributed by atoms with Crippen LogP contribution in [-0.2, 0) is 4.79 Å². The monoisotopic (exact) mass is 525 g/mol. The molecule has 0 saturated heterocycles. The first-order chi connectivity index (χ1) is 17.8. The third-order valence-corrected chi connectivity index (χ3v) is 7.14. The zero-order chi connectivity index (χ0) is 26.5. The molecule has 0 bridgehead atoms. The molecule has 3 aromatic rings. The summed E-state index contributed by atoms with van der Waals surface area (Å²) in [5, 5.41) is 3.12. The molecule has 2 heterocycles. The number of aromatic nitrogens is 1. The highest BCUT2D eigenvalue weighted by molar-refractivity contribution is 7.09. The third-order valence-electron chi connectivity index (χ3n) is 6.29. The van der Waals surface area contributed by atoms with Gasteiger partial charge in [0.2, 0.25) is 0 Å². The van der Waals surface area contributed by atoms with Crippen LogP contribution >= 0.6 is 11.5 Å². The van der Waals surface area contributed by atoms with Gasteiger partial charge in [0.05, 0.1) is 12.3 Å². The molecule has 3 amide bonds. The molecule has 0 aliphatic heterocycles. The summed E-state index contributed by atoms with van der Waals surface area (Å²) >= 11 is 0.758. The molecule has 196 valence electrons. The third kappa shape index (κ3) is 5.77. The lowest BCUT2D eigenvalue weighted by Crippen LogP contribution is -2.47. The summed E-state index contributed by atoms with van der Waals surface area (Å²) < 4.78 is 15.4. The van der Waals surface area contributed by atoms with Crippen LogP contribution in [0.15, 0.2) is 40.8 Å². The predicted molar refractivity (Wildman–Crippen MR) is 141 cm³/mol. The van der Waals surface area contributed by atoms with Crippen molar-refractivity contribution in [3.63, 3.8) is 0 Å². The second-order valence-electron chi connectivity index (χ2n) is 8.93. The highest BCUT2D eigenvalue weighted by atomic mass is 32.1. The van der Waals surface area contributed by atoms with Crippen LogP contribution in [0.1, 0.15) is 76.8 Å². The van der Waals surface area contributed by atoms with Gasteiger partial charge in [-0.25, -0.2) is 0 Å². The van der Waals surface area contributed by atoms with Crippen LogP contribution in [0.3, 0.4) is 0 Å².